The minimum absolute atomic E-state index is 0.510. The van der Waals surface area contributed by atoms with Crippen molar-refractivity contribution in [1.82, 2.24) is 15.3 Å². The molecule has 2 heterocycles. The van der Waals surface area contributed by atoms with Gasteiger partial charge in [0.1, 0.15) is 12.1 Å². The molecule has 2 unspecified atom stereocenters. The van der Waals surface area contributed by atoms with Crippen LogP contribution in [0.2, 0.25) is 0 Å². The van der Waals surface area contributed by atoms with Crippen LogP contribution in [-0.2, 0) is 0 Å². The fraction of sp³-hybridized carbons (Fsp3) is 0.692. The third-order valence-corrected chi connectivity index (χ3v) is 3.51. The van der Waals surface area contributed by atoms with E-state index in [0.29, 0.717) is 12.1 Å². The molecule has 1 aliphatic heterocycles. The van der Waals surface area contributed by atoms with Gasteiger partial charge in [-0.15, -0.1) is 0 Å². The summed E-state index contributed by atoms with van der Waals surface area (Å²) in [6, 6.07) is 3.07. The zero-order valence-corrected chi connectivity index (χ0v) is 10.8. The van der Waals surface area contributed by atoms with Gasteiger partial charge in [-0.3, -0.25) is 0 Å². The van der Waals surface area contributed by atoms with Gasteiger partial charge in [0.15, 0.2) is 0 Å². The number of hydrogen-bond acceptors (Lipinski definition) is 4. The van der Waals surface area contributed by atoms with Crippen molar-refractivity contribution in [3.63, 3.8) is 0 Å². The van der Waals surface area contributed by atoms with Crippen molar-refractivity contribution in [2.24, 2.45) is 0 Å². The summed E-state index contributed by atoms with van der Waals surface area (Å²) >= 11 is 0. The van der Waals surface area contributed by atoms with Crippen LogP contribution in [0.25, 0.3) is 0 Å². The lowest BCUT2D eigenvalue weighted by Crippen LogP contribution is -2.51. The quantitative estimate of drug-likeness (QED) is 0.863. The van der Waals surface area contributed by atoms with Gasteiger partial charge in [0.2, 0.25) is 0 Å². The Bertz CT molecular complexity index is 327. The maximum Gasteiger partial charge on any atom is 0.132 e. The first kappa shape index (κ1) is 12.3. The van der Waals surface area contributed by atoms with Gasteiger partial charge < -0.3 is 10.2 Å². The predicted octanol–water partition coefficient (Wildman–Crippen LogP) is 1.83. The fourth-order valence-corrected chi connectivity index (χ4v) is 2.67. The second-order valence-corrected chi connectivity index (χ2v) is 4.67. The lowest BCUT2D eigenvalue weighted by molar-refractivity contribution is 0.370. The standard InChI is InChI=1S/C13H22N4/c1-3-15-11(2)12-6-4-5-9-17(12)13-7-8-14-10-16-13/h7-8,10-12,15H,3-6,9H2,1-2H3. The van der Waals surface area contributed by atoms with Gasteiger partial charge in [-0.05, 0) is 38.8 Å². The van der Waals surface area contributed by atoms with Gasteiger partial charge in [-0.1, -0.05) is 6.92 Å². The number of anilines is 1. The molecule has 1 aromatic rings. The predicted molar refractivity (Wildman–Crippen MR) is 70.2 cm³/mol. The van der Waals surface area contributed by atoms with Crippen LogP contribution >= 0.6 is 0 Å². The highest BCUT2D eigenvalue weighted by atomic mass is 15.2. The summed E-state index contributed by atoms with van der Waals surface area (Å²) in [7, 11) is 0. The van der Waals surface area contributed by atoms with Gasteiger partial charge in [-0.25, -0.2) is 9.97 Å². The molecule has 1 fully saturated rings. The molecule has 0 amide bonds. The van der Waals surface area contributed by atoms with Crippen LogP contribution in [0, 0.1) is 0 Å². The SMILES string of the molecule is CCNC(C)C1CCCCN1c1ccncn1. The second-order valence-electron chi connectivity index (χ2n) is 4.67. The Morgan fingerprint density at radius 3 is 3.12 bits per heavy atom. The summed E-state index contributed by atoms with van der Waals surface area (Å²) in [4.78, 5) is 10.8. The molecule has 0 aromatic carbocycles. The van der Waals surface area contributed by atoms with Gasteiger partial charge in [0.05, 0.1) is 0 Å². The molecule has 2 rings (SSSR count). The van der Waals surface area contributed by atoms with Crippen LogP contribution in [0.15, 0.2) is 18.6 Å². The number of aromatic nitrogens is 2. The molecule has 0 aliphatic carbocycles. The van der Waals surface area contributed by atoms with E-state index in [1.165, 1.54) is 19.3 Å². The lowest BCUT2D eigenvalue weighted by Gasteiger charge is -2.40. The molecule has 1 saturated heterocycles. The van der Waals surface area contributed by atoms with Crippen LogP contribution in [-0.4, -0.2) is 35.1 Å². The van der Waals surface area contributed by atoms with Crippen molar-refractivity contribution in [2.75, 3.05) is 18.0 Å². The van der Waals surface area contributed by atoms with Gasteiger partial charge in [0.25, 0.3) is 0 Å². The summed E-state index contributed by atoms with van der Waals surface area (Å²) in [6.07, 6.45) is 7.30. The molecule has 1 aromatic heterocycles. The van der Waals surface area contributed by atoms with E-state index in [2.05, 4.69) is 34.0 Å². The maximum absolute atomic E-state index is 4.38. The molecule has 1 N–H and O–H groups in total. The third kappa shape index (κ3) is 2.94. The average Bonchev–Trinajstić information content (AvgIpc) is 2.40. The van der Waals surface area contributed by atoms with Crippen LogP contribution in [0.4, 0.5) is 5.82 Å². The first-order valence-electron chi connectivity index (χ1n) is 6.59. The number of rotatable bonds is 4. The molecule has 1 aliphatic rings. The minimum Gasteiger partial charge on any atom is -0.352 e. The van der Waals surface area contributed by atoms with Crippen molar-refractivity contribution in [1.29, 1.82) is 0 Å². The summed E-state index contributed by atoms with van der Waals surface area (Å²) in [5.41, 5.74) is 0. The highest BCUT2D eigenvalue weighted by molar-refractivity contribution is 5.39. The Labute approximate surface area is 103 Å². The van der Waals surface area contributed by atoms with Crippen LogP contribution in [0.1, 0.15) is 33.1 Å². The fourth-order valence-electron chi connectivity index (χ4n) is 2.67. The van der Waals surface area contributed by atoms with E-state index < -0.39 is 0 Å². The molecule has 0 saturated carbocycles. The second kappa shape index (κ2) is 5.96. The Balaban J connectivity index is 2.12. The molecule has 0 radical (unpaired) electrons. The van der Waals surface area contributed by atoms with E-state index in [-0.39, 0.29) is 0 Å². The lowest BCUT2D eigenvalue weighted by atomic mass is 9.96. The third-order valence-electron chi connectivity index (χ3n) is 3.51. The van der Waals surface area contributed by atoms with E-state index in [1.807, 2.05) is 12.3 Å². The molecule has 94 valence electrons. The average molecular weight is 234 g/mol. The van der Waals surface area contributed by atoms with Crippen LogP contribution in [0.5, 0.6) is 0 Å². The first-order chi connectivity index (χ1) is 8.33. The van der Waals surface area contributed by atoms with E-state index in [1.54, 1.807) is 6.33 Å². The normalized spacial score (nSPS) is 22.5. The monoisotopic (exact) mass is 234 g/mol. The Kier molecular flexibility index (Phi) is 4.31. The number of nitrogens with one attached hydrogen (secondary N) is 1. The Morgan fingerprint density at radius 2 is 2.41 bits per heavy atom. The van der Waals surface area contributed by atoms with Gasteiger partial charge >= 0.3 is 0 Å². The number of hydrogen-bond donors (Lipinski definition) is 1. The van der Waals surface area contributed by atoms with Crippen molar-refractivity contribution in [3.05, 3.63) is 18.6 Å². The van der Waals surface area contributed by atoms with Crippen molar-refractivity contribution in [2.45, 2.75) is 45.2 Å². The van der Waals surface area contributed by atoms with Crippen LogP contribution < -0.4 is 10.2 Å². The summed E-state index contributed by atoms with van der Waals surface area (Å²) < 4.78 is 0. The molecule has 4 nitrogen and oxygen atoms in total. The van der Waals surface area contributed by atoms with E-state index in [4.69, 9.17) is 0 Å². The molecular formula is C13H22N4. The highest BCUT2D eigenvalue weighted by Gasteiger charge is 2.27. The Hall–Kier alpha value is -1.16. The largest absolute Gasteiger partial charge is 0.352 e. The van der Waals surface area contributed by atoms with Crippen molar-refractivity contribution < 1.29 is 0 Å². The molecule has 17 heavy (non-hydrogen) atoms. The van der Waals surface area contributed by atoms with Crippen molar-refractivity contribution in [3.8, 4) is 0 Å². The number of piperidine rings is 1. The zero-order valence-electron chi connectivity index (χ0n) is 10.8. The zero-order chi connectivity index (χ0) is 12.1. The van der Waals surface area contributed by atoms with Gasteiger partial charge in [0, 0.05) is 24.8 Å². The highest BCUT2D eigenvalue weighted by Crippen LogP contribution is 2.24. The molecule has 0 bridgehead atoms. The molecule has 0 spiro atoms. The molecular weight excluding hydrogens is 212 g/mol. The summed E-state index contributed by atoms with van der Waals surface area (Å²) in [5, 5.41) is 3.53. The van der Waals surface area contributed by atoms with E-state index >= 15 is 0 Å². The van der Waals surface area contributed by atoms with Crippen LogP contribution in [0.3, 0.4) is 0 Å². The maximum atomic E-state index is 4.38. The summed E-state index contributed by atoms with van der Waals surface area (Å²) in [5.74, 6) is 1.06. The van der Waals surface area contributed by atoms with Gasteiger partial charge in [-0.2, -0.15) is 0 Å². The van der Waals surface area contributed by atoms with E-state index in [9.17, 15) is 0 Å². The summed E-state index contributed by atoms with van der Waals surface area (Å²) in [6.45, 7) is 6.56. The first-order valence-corrected chi connectivity index (χ1v) is 6.59. The molecule has 2 atom stereocenters. The Morgan fingerprint density at radius 1 is 1.53 bits per heavy atom. The molecule has 4 heteroatoms. The van der Waals surface area contributed by atoms with E-state index in [0.717, 1.165) is 18.9 Å². The topological polar surface area (TPSA) is 41.0 Å². The number of nitrogens with zero attached hydrogens (tertiary/aromatic N) is 3. The number of likely N-dealkylation sites (N-methyl/N-ethyl adjacent to an activating group) is 1. The van der Waals surface area contributed by atoms with Crippen molar-refractivity contribution >= 4 is 5.82 Å². The smallest absolute Gasteiger partial charge is 0.132 e. The minimum atomic E-state index is 0.510.